The second kappa shape index (κ2) is 4.47. The lowest BCUT2D eigenvalue weighted by Crippen LogP contribution is -2.22. The van der Waals surface area contributed by atoms with Gasteiger partial charge in [0.25, 0.3) is 0 Å². The largest absolute Gasteiger partial charge is 0.382 e. The predicted molar refractivity (Wildman–Crippen MR) is 60.1 cm³/mol. The van der Waals surface area contributed by atoms with Gasteiger partial charge in [-0.1, -0.05) is 0 Å². The van der Waals surface area contributed by atoms with Crippen molar-refractivity contribution in [2.24, 2.45) is 0 Å². The van der Waals surface area contributed by atoms with Crippen molar-refractivity contribution in [1.82, 2.24) is 9.97 Å². The Morgan fingerprint density at radius 3 is 2.69 bits per heavy atom. The molecule has 0 aliphatic carbocycles. The van der Waals surface area contributed by atoms with Crippen LogP contribution in [0.2, 0.25) is 0 Å². The van der Waals surface area contributed by atoms with E-state index in [0.29, 0.717) is 11.7 Å². The second-order valence-electron chi connectivity index (χ2n) is 4.75. The van der Waals surface area contributed by atoms with Gasteiger partial charge in [0.1, 0.15) is 5.60 Å². The van der Waals surface area contributed by atoms with Gasteiger partial charge in [0.2, 0.25) is 0 Å². The van der Waals surface area contributed by atoms with Gasteiger partial charge in [-0.15, -0.1) is 0 Å². The van der Waals surface area contributed by atoms with Crippen molar-refractivity contribution in [2.45, 2.75) is 38.2 Å². The lowest BCUT2D eigenvalue weighted by atomic mass is 9.96. The van der Waals surface area contributed by atoms with Crippen molar-refractivity contribution >= 4 is 0 Å². The minimum absolute atomic E-state index is 0.442. The van der Waals surface area contributed by atoms with E-state index in [1.54, 1.807) is 20.0 Å². The molecule has 1 aromatic heterocycles. The molecule has 0 bridgehead atoms. The first kappa shape index (κ1) is 11.5. The number of rotatable bonds is 2. The minimum atomic E-state index is -0.971. The molecule has 0 aromatic carbocycles. The highest BCUT2D eigenvalue weighted by Crippen LogP contribution is 2.26. The molecule has 1 aromatic rings. The Kier molecular flexibility index (Phi) is 3.21. The van der Waals surface area contributed by atoms with Crippen molar-refractivity contribution in [3.63, 3.8) is 0 Å². The number of hydrogen-bond donors (Lipinski definition) is 1. The van der Waals surface area contributed by atoms with E-state index in [0.717, 1.165) is 31.7 Å². The molecule has 2 heterocycles. The molecule has 1 saturated heterocycles. The van der Waals surface area contributed by atoms with Crippen LogP contribution in [0, 0.1) is 0 Å². The van der Waals surface area contributed by atoms with Crippen LogP contribution in [0.3, 0.4) is 0 Å². The Morgan fingerprint density at radius 2 is 2.06 bits per heavy atom. The summed E-state index contributed by atoms with van der Waals surface area (Å²) in [5, 5.41) is 9.86. The summed E-state index contributed by atoms with van der Waals surface area (Å²) < 4.78 is 5.33. The zero-order valence-corrected chi connectivity index (χ0v) is 9.81. The lowest BCUT2D eigenvalue weighted by Gasteiger charge is -2.23. The zero-order valence-electron chi connectivity index (χ0n) is 9.81. The number of ether oxygens (including phenoxy) is 1. The maximum Gasteiger partial charge on any atom is 0.159 e. The van der Waals surface area contributed by atoms with Gasteiger partial charge in [0.15, 0.2) is 5.82 Å². The van der Waals surface area contributed by atoms with Crippen molar-refractivity contribution in [3.05, 3.63) is 23.8 Å². The number of hydrogen-bond acceptors (Lipinski definition) is 4. The fourth-order valence-corrected chi connectivity index (χ4v) is 1.89. The summed E-state index contributed by atoms with van der Waals surface area (Å²) in [4.78, 5) is 8.56. The van der Waals surface area contributed by atoms with Gasteiger partial charge in [-0.05, 0) is 32.8 Å². The van der Waals surface area contributed by atoms with E-state index >= 15 is 0 Å². The second-order valence-corrected chi connectivity index (χ2v) is 4.75. The highest BCUT2D eigenvalue weighted by Gasteiger charge is 2.23. The highest BCUT2D eigenvalue weighted by molar-refractivity contribution is 5.11. The van der Waals surface area contributed by atoms with Gasteiger partial charge in [-0.3, -0.25) is 0 Å². The molecule has 0 saturated carbocycles. The van der Waals surface area contributed by atoms with Crippen molar-refractivity contribution in [1.29, 1.82) is 0 Å². The minimum Gasteiger partial charge on any atom is -0.382 e. The number of aliphatic hydroxyl groups is 1. The molecule has 0 spiro atoms. The molecule has 1 fully saturated rings. The normalized spacial score (nSPS) is 18.7. The van der Waals surface area contributed by atoms with Gasteiger partial charge in [-0.25, -0.2) is 9.97 Å². The van der Waals surface area contributed by atoms with Crippen LogP contribution in [0.25, 0.3) is 0 Å². The molecule has 0 radical (unpaired) electrons. The Labute approximate surface area is 95.7 Å². The molecule has 1 aliphatic heterocycles. The summed E-state index contributed by atoms with van der Waals surface area (Å²) in [5.74, 6) is 0.939. The van der Waals surface area contributed by atoms with Gasteiger partial charge in [0, 0.05) is 31.0 Å². The summed E-state index contributed by atoms with van der Waals surface area (Å²) in [6.07, 6.45) is 3.73. The molecule has 0 atom stereocenters. The Bertz CT molecular complexity index is 354. The number of aromatic nitrogens is 2. The topological polar surface area (TPSA) is 55.2 Å². The molecular formula is C12H18N2O2. The van der Waals surface area contributed by atoms with Crippen LogP contribution in [-0.4, -0.2) is 28.3 Å². The summed E-state index contributed by atoms with van der Waals surface area (Å²) in [5.41, 5.74) is 0.0525. The van der Waals surface area contributed by atoms with E-state index in [-0.39, 0.29) is 0 Å². The van der Waals surface area contributed by atoms with Gasteiger partial charge in [-0.2, -0.15) is 0 Å². The van der Waals surface area contributed by atoms with Crippen LogP contribution in [0.4, 0.5) is 0 Å². The maximum atomic E-state index is 9.86. The molecule has 88 valence electrons. The summed E-state index contributed by atoms with van der Waals surface area (Å²) >= 11 is 0. The Hall–Kier alpha value is -1.00. The molecule has 4 nitrogen and oxygen atoms in total. The fraction of sp³-hybridized carbons (Fsp3) is 0.667. The van der Waals surface area contributed by atoms with Gasteiger partial charge < -0.3 is 9.84 Å². The third-order valence-corrected chi connectivity index (χ3v) is 2.86. The van der Waals surface area contributed by atoms with Crippen LogP contribution in [0.15, 0.2) is 12.3 Å². The summed E-state index contributed by atoms with van der Waals surface area (Å²) in [6.45, 7) is 5.01. The molecule has 1 N–H and O–H groups in total. The molecule has 2 rings (SSSR count). The van der Waals surface area contributed by atoms with Crippen molar-refractivity contribution < 1.29 is 9.84 Å². The Morgan fingerprint density at radius 1 is 1.38 bits per heavy atom. The van der Waals surface area contributed by atoms with Crippen LogP contribution in [-0.2, 0) is 10.3 Å². The SMILES string of the molecule is CC(C)(O)c1nccc(C2CCOCC2)n1. The van der Waals surface area contributed by atoms with E-state index in [9.17, 15) is 5.11 Å². The third kappa shape index (κ3) is 2.57. The molecule has 16 heavy (non-hydrogen) atoms. The van der Waals surface area contributed by atoms with Gasteiger partial charge >= 0.3 is 0 Å². The van der Waals surface area contributed by atoms with Crippen LogP contribution in [0.1, 0.15) is 44.1 Å². The van der Waals surface area contributed by atoms with Crippen LogP contribution < -0.4 is 0 Å². The lowest BCUT2D eigenvalue weighted by molar-refractivity contribution is 0.0669. The van der Waals surface area contributed by atoms with Crippen molar-refractivity contribution in [3.8, 4) is 0 Å². The van der Waals surface area contributed by atoms with Gasteiger partial charge in [0.05, 0.1) is 0 Å². The van der Waals surface area contributed by atoms with E-state index in [4.69, 9.17) is 4.74 Å². The molecule has 0 amide bonds. The first-order chi connectivity index (χ1) is 7.57. The molecule has 4 heteroatoms. The predicted octanol–water partition coefficient (Wildman–Crippen LogP) is 1.60. The summed E-state index contributed by atoms with van der Waals surface area (Å²) in [6, 6.07) is 1.94. The monoisotopic (exact) mass is 222 g/mol. The summed E-state index contributed by atoms with van der Waals surface area (Å²) in [7, 11) is 0. The maximum absolute atomic E-state index is 9.86. The fourth-order valence-electron chi connectivity index (χ4n) is 1.89. The number of nitrogens with zero attached hydrogens (tertiary/aromatic N) is 2. The van der Waals surface area contributed by atoms with E-state index in [2.05, 4.69) is 9.97 Å². The highest BCUT2D eigenvalue weighted by atomic mass is 16.5. The quantitative estimate of drug-likeness (QED) is 0.825. The van der Waals surface area contributed by atoms with Crippen LogP contribution in [0.5, 0.6) is 0 Å². The van der Waals surface area contributed by atoms with E-state index in [1.807, 2.05) is 6.07 Å². The van der Waals surface area contributed by atoms with Crippen LogP contribution >= 0.6 is 0 Å². The standard InChI is InChI=1S/C12H18N2O2/c1-12(2,15)11-13-6-3-10(14-11)9-4-7-16-8-5-9/h3,6,9,15H,4-5,7-8H2,1-2H3. The third-order valence-electron chi connectivity index (χ3n) is 2.86. The first-order valence-electron chi connectivity index (χ1n) is 5.71. The average Bonchev–Trinajstić information content (AvgIpc) is 2.29. The van der Waals surface area contributed by atoms with Crippen molar-refractivity contribution in [2.75, 3.05) is 13.2 Å². The first-order valence-corrected chi connectivity index (χ1v) is 5.71. The zero-order chi connectivity index (χ0) is 11.6. The molecule has 0 unspecified atom stereocenters. The average molecular weight is 222 g/mol. The smallest absolute Gasteiger partial charge is 0.159 e. The Balaban J connectivity index is 2.21. The van der Waals surface area contributed by atoms with E-state index in [1.165, 1.54) is 0 Å². The van der Waals surface area contributed by atoms with E-state index < -0.39 is 5.60 Å². The molecular weight excluding hydrogens is 204 g/mol. The molecule has 1 aliphatic rings.